The summed E-state index contributed by atoms with van der Waals surface area (Å²) in [5, 5.41) is 4.41. The van der Waals surface area contributed by atoms with E-state index < -0.39 is 0 Å². The van der Waals surface area contributed by atoms with Crippen LogP contribution < -0.4 is 19.6 Å². The molecular weight excluding hydrogens is 398 g/mol. The second kappa shape index (κ2) is 9.09. The van der Waals surface area contributed by atoms with Gasteiger partial charge in [-0.1, -0.05) is 37.3 Å². The van der Waals surface area contributed by atoms with E-state index in [-0.39, 0.29) is 5.56 Å². The lowest BCUT2D eigenvalue weighted by atomic mass is 10.2. The molecule has 30 heavy (non-hydrogen) atoms. The lowest BCUT2D eigenvalue weighted by Crippen LogP contribution is -2.23. The lowest BCUT2D eigenvalue weighted by Gasteiger charge is -2.04. The summed E-state index contributed by atoms with van der Waals surface area (Å²) in [4.78, 5) is 17.9. The summed E-state index contributed by atoms with van der Waals surface area (Å²) < 4.78 is 13.2. The van der Waals surface area contributed by atoms with E-state index in [1.54, 1.807) is 0 Å². The van der Waals surface area contributed by atoms with Gasteiger partial charge in [0.15, 0.2) is 5.82 Å². The van der Waals surface area contributed by atoms with E-state index >= 15 is 0 Å². The SMILES string of the molecule is CCCOc1ccc(/C=c2\sc3nc(-c4ccc(OCCC)cc4)nn3c2=O)cc1. The van der Waals surface area contributed by atoms with Crippen LogP contribution in [0.5, 0.6) is 11.5 Å². The summed E-state index contributed by atoms with van der Waals surface area (Å²) >= 11 is 1.33. The number of ether oxygens (including phenoxy) is 2. The maximum absolute atomic E-state index is 12.8. The number of hydrogen-bond acceptors (Lipinski definition) is 6. The first kappa shape index (κ1) is 20.1. The number of fused-ring (bicyclic) bond motifs is 1. The van der Waals surface area contributed by atoms with Crippen LogP contribution in [0.2, 0.25) is 0 Å². The largest absolute Gasteiger partial charge is 0.494 e. The van der Waals surface area contributed by atoms with Gasteiger partial charge >= 0.3 is 0 Å². The Bertz CT molecular complexity index is 1230. The molecule has 2 aromatic carbocycles. The minimum absolute atomic E-state index is 0.164. The number of benzene rings is 2. The summed E-state index contributed by atoms with van der Waals surface area (Å²) in [5.74, 6) is 2.17. The third-order valence-corrected chi connectivity index (χ3v) is 5.38. The van der Waals surface area contributed by atoms with Gasteiger partial charge in [-0.05, 0) is 60.9 Å². The molecule has 0 aliphatic rings. The van der Waals surface area contributed by atoms with Crippen LogP contribution in [0.15, 0.2) is 53.3 Å². The van der Waals surface area contributed by atoms with Crippen molar-refractivity contribution in [2.24, 2.45) is 0 Å². The van der Waals surface area contributed by atoms with Gasteiger partial charge in [0.2, 0.25) is 4.96 Å². The van der Waals surface area contributed by atoms with E-state index in [0.717, 1.165) is 35.5 Å². The van der Waals surface area contributed by atoms with Gasteiger partial charge in [-0.25, -0.2) is 0 Å². The summed E-state index contributed by atoms with van der Waals surface area (Å²) in [5.41, 5.74) is 1.62. The summed E-state index contributed by atoms with van der Waals surface area (Å²) in [6.45, 7) is 5.52. The fourth-order valence-corrected chi connectivity index (χ4v) is 3.82. The molecule has 4 aromatic rings. The maximum Gasteiger partial charge on any atom is 0.291 e. The summed E-state index contributed by atoms with van der Waals surface area (Å²) in [6, 6.07) is 15.3. The third-order valence-electron chi connectivity index (χ3n) is 4.42. The number of thiazole rings is 1. The van der Waals surface area contributed by atoms with Crippen molar-refractivity contribution < 1.29 is 9.47 Å². The van der Waals surface area contributed by atoms with Crippen LogP contribution in [-0.4, -0.2) is 27.8 Å². The Kier molecular flexibility index (Phi) is 6.09. The number of rotatable bonds is 8. The maximum atomic E-state index is 12.8. The average molecular weight is 422 g/mol. The molecule has 154 valence electrons. The van der Waals surface area contributed by atoms with E-state index in [2.05, 4.69) is 23.9 Å². The van der Waals surface area contributed by atoms with Gasteiger partial charge in [0, 0.05) is 5.56 Å². The molecule has 6 nitrogen and oxygen atoms in total. The molecule has 0 bridgehead atoms. The zero-order valence-corrected chi connectivity index (χ0v) is 17.8. The Balaban J connectivity index is 1.58. The van der Waals surface area contributed by atoms with Crippen molar-refractivity contribution in [3.05, 3.63) is 69.0 Å². The number of hydrogen-bond donors (Lipinski definition) is 0. The molecule has 7 heteroatoms. The van der Waals surface area contributed by atoms with Crippen molar-refractivity contribution in [1.29, 1.82) is 0 Å². The Morgan fingerprint density at radius 2 is 1.53 bits per heavy atom. The molecule has 0 atom stereocenters. The predicted molar refractivity (Wildman–Crippen MR) is 119 cm³/mol. The van der Waals surface area contributed by atoms with Crippen molar-refractivity contribution in [2.75, 3.05) is 13.2 Å². The second-order valence-corrected chi connectivity index (χ2v) is 7.85. The van der Waals surface area contributed by atoms with Crippen LogP contribution in [0.4, 0.5) is 0 Å². The lowest BCUT2D eigenvalue weighted by molar-refractivity contribution is 0.317. The van der Waals surface area contributed by atoms with Crippen molar-refractivity contribution >= 4 is 22.4 Å². The molecule has 2 aromatic heterocycles. The zero-order chi connectivity index (χ0) is 20.9. The predicted octanol–water partition coefficient (Wildman–Crippen LogP) is 3.94. The molecule has 0 fully saturated rings. The van der Waals surface area contributed by atoms with Crippen LogP contribution >= 0.6 is 11.3 Å². The van der Waals surface area contributed by atoms with Crippen LogP contribution in [0.3, 0.4) is 0 Å². The molecule has 0 radical (unpaired) electrons. The topological polar surface area (TPSA) is 65.7 Å². The highest BCUT2D eigenvalue weighted by atomic mass is 32.1. The van der Waals surface area contributed by atoms with Gasteiger partial charge in [0.05, 0.1) is 17.7 Å². The van der Waals surface area contributed by atoms with Gasteiger partial charge in [-0.2, -0.15) is 9.50 Å². The summed E-state index contributed by atoms with van der Waals surface area (Å²) in [7, 11) is 0. The molecule has 4 rings (SSSR count). The molecule has 0 saturated carbocycles. The Morgan fingerprint density at radius 1 is 0.933 bits per heavy atom. The standard InChI is InChI=1S/C23H23N3O3S/c1-3-13-28-18-9-5-16(6-10-18)15-20-22(27)26-23(30-20)24-21(25-26)17-7-11-19(12-8-17)29-14-4-2/h5-12,15H,3-4,13-14H2,1-2H3/b20-15-. The quantitative estimate of drug-likeness (QED) is 0.431. The zero-order valence-electron chi connectivity index (χ0n) is 17.0. The fraction of sp³-hybridized carbons (Fsp3) is 0.261. The highest BCUT2D eigenvalue weighted by Crippen LogP contribution is 2.20. The molecule has 0 spiro atoms. The molecule has 0 amide bonds. The number of aromatic nitrogens is 3. The van der Waals surface area contributed by atoms with Crippen LogP contribution in [0.25, 0.3) is 22.4 Å². The van der Waals surface area contributed by atoms with E-state index in [4.69, 9.17) is 9.47 Å². The molecule has 0 aliphatic carbocycles. The Labute approximate surface area is 178 Å². The smallest absolute Gasteiger partial charge is 0.291 e. The van der Waals surface area contributed by atoms with E-state index in [1.165, 1.54) is 15.9 Å². The molecule has 0 aliphatic heterocycles. The molecule has 0 unspecified atom stereocenters. The van der Waals surface area contributed by atoms with E-state index in [0.29, 0.717) is 28.5 Å². The van der Waals surface area contributed by atoms with Gasteiger partial charge in [0.1, 0.15) is 11.5 Å². The second-order valence-electron chi connectivity index (χ2n) is 6.84. The fourth-order valence-electron chi connectivity index (χ4n) is 2.91. The van der Waals surface area contributed by atoms with E-state index in [9.17, 15) is 4.79 Å². The molecule has 0 N–H and O–H groups in total. The van der Waals surface area contributed by atoms with Crippen LogP contribution in [0, 0.1) is 0 Å². The van der Waals surface area contributed by atoms with E-state index in [1.807, 2.05) is 54.6 Å². The molecule has 0 saturated heterocycles. The van der Waals surface area contributed by atoms with Gasteiger partial charge in [-0.3, -0.25) is 4.79 Å². The highest BCUT2D eigenvalue weighted by Gasteiger charge is 2.12. The van der Waals surface area contributed by atoms with Crippen LogP contribution in [-0.2, 0) is 0 Å². The monoisotopic (exact) mass is 421 g/mol. The average Bonchev–Trinajstić information content (AvgIpc) is 3.31. The minimum atomic E-state index is -0.164. The molecule has 2 heterocycles. The third kappa shape index (κ3) is 4.36. The van der Waals surface area contributed by atoms with Crippen molar-refractivity contribution in [3.8, 4) is 22.9 Å². The van der Waals surface area contributed by atoms with Crippen LogP contribution in [0.1, 0.15) is 32.3 Å². The number of nitrogens with zero attached hydrogens (tertiary/aromatic N) is 3. The first-order valence-electron chi connectivity index (χ1n) is 10.1. The normalized spacial score (nSPS) is 11.9. The van der Waals surface area contributed by atoms with Crippen molar-refractivity contribution in [3.63, 3.8) is 0 Å². The minimum Gasteiger partial charge on any atom is -0.494 e. The van der Waals surface area contributed by atoms with Crippen molar-refractivity contribution in [2.45, 2.75) is 26.7 Å². The Morgan fingerprint density at radius 3 is 2.10 bits per heavy atom. The highest BCUT2D eigenvalue weighted by molar-refractivity contribution is 7.15. The summed E-state index contributed by atoms with van der Waals surface area (Å²) in [6.07, 6.45) is 3.78. The van der Waals surface area contributed by atoms with Gasteiger partial charge < -0.3 is 9.47 Å². The van der Waals surface area contributed by atoms with Gasteiger partial charge in [0.25, 0.3) is 5.56 Å². The first-order valence-corrected chi connectivity index (χ1v) is 10.9. The first-order chi connectivity index (χ1) is 14.7. The van der Waals surface area contributed by atoms with Crippen molar-refractivity contribution in [1.82, 2.24) is 14.6 Å². The Hall–Kier alpha value is -3.19. The van der Waals surface area contributed by atoms with Gasteiger partial charge in [-0.15, -0.1) is 5.10 Å². The molecular formula is C23H23N3O3S.